The van der Waals surface area contributed by atoms with E-state index in [-0.39, 0.29) is 11.6 Å². The molecular weight excluding hydrogens is 356 g/mol. The summed E-state index contributed by atoms with van der Waals surface area (Å²) in [5, 5.41) is 15.0. The molecular formula is C21H20N4O3. The summed E-state index contributed by atoms with van der Waals surface area (Å²) < 4.78 is 0. The van der Waals surface area contributed by atoms with Crippen molar-refractivity contribution in [2.24, 2.45) is 0 Å². The smallest absolute Gasteiger partial charge is 0.270 e. The van der Waals surface area contributed by atoms with Gasteiger partial charge in [0.2, 0.25) is 0 Å². The molecule has 28 heavy (non-hydrogen) atoms. The molecule has 1 aromatic heterocycles. The van der Waals surface area contributed by atoms with E-state index < -0.39 is 4.92 Å². The van der Waals surface area contributed by atoms with Crippen molar-refractivity contribution in [3.05, 3.63) is 70.4 Å². The Morgan fingerprint density at radius 3 is 2.68 bits per heavy atom. The van der Waals surface area contributed by atoms with Gasteiger partial charge in [0.15, 0.2) is 0 Å². The molecule has 0 aliphatic carbocycles. The molecule has 7 heteroatoms. The number of rotatable bonds is 4. The molecule has 0 spiro atoms. The van der Waals surface area contributed by atoms with Crippen molar-refractivity contribution in [3.63, 3.8) is 0 Å². The molecule has 1 saturated heterocycles. The molecule has 0 bridgehead atoms. The molecule has 3 aromatic rings. The monoisotopic (exact) mass is 376 g/mol. The van der Waals surface area contributed by atoms with E-state index in [1.807, 2.05) is 24.3 Å². The van der Waals surface area contributed by atoms with Gasteiger partial charge in [0.05, 0.1) is 27.4 Å². The Bertz CT molecular complexity index is 1040. The molecule has 7 nitrogen and oxygen atoms in total. The number of nitrogens with one attached hydrogen (secondary N) is 1. The first kappa shape index (κ1) is 17.9. The number of nitrogens with zero attached hydrogens (tertiary/aromatic N) is 3. The Balaban J connectivity index is 1.72. The lowest BCUT2D eigenvalue weighted by Crippen LogP contribution is -2.31. The quantitative estimate of drug-likeness (QED) is 0.539. The first-order chi connectivity index (χ1) is 13.6. The van der Waals surface area contributed by atoms with Gasteiger partial charge in [0.25, 0.3) is 11.6 Å². The number of nitro benzene ring substituents is 1. The van der Waals surface area contributed by atoms with Gasteiger partial charge >= 0.3 is 0 Å². The summed E-state index contributed by atoms with van der Waals surface area (Å²) in [4.78, 5) is 30.3. The number of carbonyl (C=O) groups excluding carboxylic acids is 1. The van der Waals surface area contributed by atoms with Gasteiger partial charge < -0.3 is 10.2 Å². The zero-order chi connectivity index (χ0) is 19.5. The summed E-state index contributed by atoms with van der Waals surface area (Å²) in [5.41, 5.74) is 2.37. The first-order valence-electron chi connectivity index (χ1n) is 9.32. The standard InChI is InChI=1S/C21H20N4O3/c26-21(23-19-8-4-7-18-16(19)6-5-11-22-18)17-14-15(25(27)28)9-10-20(17)24-12-2-1-3-13-24/h4-11,14H,1-3,12-13H2,(H,23,26). The van der Waals surface area contributed by atoms with E-state index in [2.05, 4.69) is 15.2 Å². The number of anilines is 2. The Labute approximate surface area is 162 Å². The molecule has 0 atom stereocenters. The van der Waals surface area contributed by atoms with Crippen molar-refractivity contribution in [3.8, 4) is 0 Å². The number of non-ortho nitro benzene ring substituents is 1. The largest absolute Gasteiger partial charge is 0.371 e. The number of benzene rings is 2. The summed E-state index contributed by atoms with van der Waals surface area (Å²) in [5.74, 6) is -0.361. The second-order valence-electron chi connectivity index (χ2n) is 6.84. The summed E-state index contributed by atoms with van der Waals surface area (Å²) >= 11 is 0. The fourth-order valence-corrected chi connectivity index (χ4v) is 3.63. The molecule has 2 heterocycles. The zero-order valence-corrected chi connectivity index (χ0v) is 15.3. The van der Waals surface area contributed by atoms with E-state index >= 15 is 0 Å². The minimum atomic E-state index is -0.474. The van der Waals surface area contributed by atoms with Crippen LogP contribution >= 0.6 is 0 Å². The Morgan fingerprint density at radius 1 is 1.07 bits per heavy atom. The van der Waals surface area contributed by atoms with Crippen LogP contribution in [0.2, 0.25) is 0 Å². The molecule has 1 N–H and O–H groups in total. The van der Waals surface area contributed by atoms with E-state index in [9.17, 15) is 14.9 Å². The van der Waals surface area contributed by atoms with Crippen LogP contribution in [0.1, 0.15) is 29.6 Å². The van der Waals surface area contributed by atoms with E-state index in [1.165, 1.54) is 12.1 Å². The molecule has 1 amide bonds. The van der Waals surface area contributed by atoms with Crippen LogP contribution in [-0.2, 0) is 0 Å². The molecule has 1 aliphatic rings. The molecule has 4 rings (SSSR count). The molecule has 1 aliphatic heterocycles. The highest BCUT2D eigenvalue weighted by Gasteiger charge is 2.22. The fraction of sp³-hybridized carbons (Fsp3) is 0.238. The topological polar surface area (TPSA) is 88.4 Å². The third-order valence-corrected chi connectivity index (χ3v) is 5.03. The summed E-state index contributed by atoms with van der Waals surface area (Å²) in [6, 6.07) is 13.7. The maximum absolute atomic E-state index is 13.1. The second-order valence-corrected chi connectivity index (χ2v) is 6.84. The van der Waals surface area contributed by atoms with Crippen molar-refractivity contribution in [1.29, 1.82) is 0 Å². The van der Waals surface area contributed by atoms with Crippen LogP contribution in [0.25, 0.3) is 10.9 Å². The van der Waals surface area contributed by atoms with Gasteiger partial charge in [-0.3, -0.25) is 19.9 Å². The third kappa shape index (κ3) is 3.51. The van der Waals surface area contributed by atoms with Crippen LogP contribution in [0.5, 0.6) is 0 Å². The van der Waals surface area contributed by atoms with Gasteiger partial charge in [-0.1, -0.05) is 6.07 Å². The van der Waals surface area contributed by atoms with Gasteiger partial charge in [-0.2, -0.15) is 0 Å². The Morgan fingerprint density at radius 2 is 1.89 bits per heavy atom. The number of aromatic nitrogens is 1. The third-order valence-electron chi connectivity index (χ3n) is 5.03. The minimum Gasteiger partial charge on any atom is -0.371 e. The van der Waals surface area contributed by atoms with Crippen LogP contribution < -0.4 is 10.2 Å². The molecule has 0 radical (unpaired) electrons. The molecule has 2 aromatic carbocycles. The molecule has 0 unspecified atom stereocenters. The fourth-order valence-electron chi connectivity index (χ4n) is 3.63. The van der Waals surface area contributed by atoms with Crippen LogP contribution in [0, 0.1) is 10.1 Å². The zero-order valence-electron chi connectivity index (χ0n) is 15.3. The molecule has 0 saturated carbocycles. The summed E-state index contributed by atoms with van der Waals surface area (Å²) in [6.45, 7) is 1.69. The Kier molecular flexibility index (Phi) is 4.89. The van der Waals surface area contributed by atoms with Crippen LogP contribution in [0.15, 0.2) is 54.7 Å². The van der Waals surface area contributed by atoms with Gasteiger partial charge in [0.1, 0.15) is 0 Å². The number of carbonyl (C=O) groups is 1. The van der Waals surface area contributed by atoms with Gasteiger partial charge in [-0.25, -0.2) is 0 Å². The van der Waals surface area contributed by atoms with E-state index in [0.29, 0.717) is 11.3 Å². The second kappa shape index (κ2) is 7.64. The average Bonchev–Trinajstić information content (AvgIpc) is 2.74. The number of fused-ring (bicyclic) bond motifs is 1. The normalized spacial score (nSPS) is 14.1. The number of pyridine rings is 1. The van der Waals surface area contributed by atoms with Crippen molar-refractivity contribution >= 4 is 33.9 Å². The number of hydrogen-bond acceptors (Lipinski definition) is 5. The highest BCUT2D eigenvalue weighted by molar-refractivity contribution is 6.11. The van der Waals surface area contributed by atoms with Crippen molar-refractivity contribution in [2.75, 3.05) is 23.3 Å². The van der Waals surface area contributed by atoms with E-state index in [1.54, 1.807) is 18.3 Å². The highest BCUT2D eigenvalue weighted by Crippen LogP contribution is 2.30. The minimum absolute atomic E-state index is 0.0921. The average molecular weight is 376 g/mol. The maximum Gasteiger partial charge on any atom is 0.270 e. The Hall–Kier alpha value is -3.48. The van der Waals surface area contributed by atoms with E-state index in [4.69, 9.17) is 0 Å². The lowest BCUT2D eigenvalue weighted by atomic mass is 10.1. The summed E-state index contributed by atoms with van der Waals surface area (Å²) in [6.07, 6.45) is 4.96. The number of amides is 1. The lowest BCUT2D eigenvalue weighted by Gasteiger charge is -2.30. The van der Waals surface area contributed by atoms with Gasteiger partial charge in [0, 0.05) is 36.8 Å². The predicted molar refractivity (Wildman–Crippen MR) is 109 cm³/mol. The first-order valence-corrected chi connectivity index (χ1v) is 9.32. The number of nitro groups is 1. The van der Waals surface area contributed by atoms with Crippen molar-refractivity contribution in [1.82, 2.24) is 4.98 Å². The number of hydrogen-bond donors (Lipinski definition) is 1. The van der Waals surface area contributed by atoms with E-state index in [0.717, 1.165) is 48.9 Å². The van der Waals surface area contributed by atoms with Crippen molar-refractivity contribution in [2.45, 2.75) is 19.3 Å². The van der Waals surface area contributed by atoms with Crippen LogP contribution in [-0.4, -0.2) is 28.9 Å². The highest BCUT2D eigenvalue weighted by atomic mass is 16.6. The lowest BCUT2D eigenvalue weighted by molar-refractivity contribution is -0.384. The van der Waals surface area contributed by atoms with Crippen LogP contribution in [0.3, 0.4) is 0 Å². The van der Waals surface area contributed by atoms with Crippen LogP contribution in [0.4, 0.5) is 17.1 Å². The summed E-state index contributed by atoms with van der Waals surface area (Å²) in [7, 11) is 0. The maximum atomic E-state index is 13.1. The number of piperidine rings is 1. The van der Waals surface area contributed by atoms with Gasteiger partial charge in [-0.15, -0.1) is 0 Å². The SMILES string of the molecule is O=C(Nc1cccc2ncccc12)c1cc([N+](=O)[O-])ccc1N1CCCCC1. The van der Waals surface area contributed by atoms with Gasteiger partial charge in [-0.05, 0) is 49.6 Å². The predicted octanol–water partition coefficient (Wildman–Crippen LogP) is 4.39. The van der Waals surface area contributed by atoms with Crippen molar-refractivity contribution < 1.29 is 9.72 Å². The molecule has 1 fully saturated rings. The molecule has 142 valence electrons.